The third-order valence-electron chi connectivity index (χ3n) is 3.91. The van der Waals surface area contributed by atoms with Crippen molar-refractivity contribution >= 4 is 15.9 Å². The molecule has 0 saturated heterocycles. The van der Waals surface area contributed by atoms with E-state index >= 15 is 0 Å². The van der Waals surface area contributed by atoms with Gasteiger partial charge in [-0.1, -0.05) is 56.3 Å². The van der Waals surface area contributed by atoms with Crippen LogP contribution in [0.2, 0.25) is 0 Å². The van der Waals surface area contributed by atoms with E-state index in [1.807, 2.05) is 30.3 Å². The zero-order valence-electron chi connectivity index (χ0n) is 14.8. The van der Waals surface area contributed by atoms with Crippen molar-refractivity contribution in [2.24, 2.45) is 5.92 Å². The lowest BCUT2D eigenvalue weighted by molar-refractivity contribution is -0.123. The molecule has 5 nitrogen and oxygen atoms in total. The summed E-state index contributed by atoms with van der Waals surface area (Å²) in [5.41, 5.74) is 1.07. The van der Waals surface area contributed by atoms with Crippen LogP contribution in [0.3, 0.4) is 0 Å². The molecule has 0 aromatic heterocycles. The van der Waals surface area contributed by atoms with Gasteiger partial charge in [0.2, 0.25) is 15.9 Å². The first kappa shape index (κ1) is 20.1. The van der Waals surface area contributed by atoms with Crippen LogP contribution in [0.1, 0.15) is 19.4 Å². The van der Waals surface area contributed by atoms with Crippen molar-refractivity contribution in [1.82, 2.24) is 10.0 Å². The van der Waals surface area contributed by atoms with Crippen molar-refractivity contribution < 1.29 is 17.6 Å². The second-order valence-corrected chi connectivity index (χ2v) is 7.98. The normalized spacial score (nSPS) is 12.8. The van der Waals surface area contributed by atoms with Crippen LogP contribution in [0.25, 0.3) is 0 Å². The number of rotatable bonds is 8. The molecule has 0 heterocycles. The summed E-state index contributed by atoms with van der Waals surface area (Å²) in [6.07, 6.45) is 0.636. The average Bonchev–Trinajstić information content (AvgIpc) is 2.60. The molecule has 0 spiro atoms. The fourth-order valence-electron chi connectivity index (χ4n) is 2.47. The van der Waals surface area contributed by atoms with Crippen LogP contribution in [0.5, 0.6) is 0 Å². The summed E-state index contributed by atoms with van der Waals surface area (Å²) in [7, 11) is -4.14. The molecule has 0 saturated carbocycles. The fourth-order valence-corrected chi connectivity index (χ4v) is 3.89. The highest BCUT2D eigenvalue weighted by molar-refractivity contribution is 7.89. The maximum absolute atomic E-state index is 13.8. The van der Waals surface area contributed by atoms with Crippen molar-refractivity contribution in [2.75, 3.05) is 6.54 Å². The number of halogens is 1. The minimum atomic E-state index is -4.14. The molecule has 0 fully saturated rings. The van der Waals surface area contributed by atoms with Crippen LogP contribution in [-0.4, -0.2) is 26.9 Å². The Morgan fingerprint density at radius 3 is 2.27 bits per heavy atom. The molecule has 1 amide bonds. The van der Waals surface area contributed by atoms with Gasteiger partial charge in [-0.2, -0.15) is 4.72 Å². The smallest absolute Gasteiger partial charge is 0.244 e. The molecule has 0 bridgehead atoms. The molecule has 2 rings (SSSR count). The third kappa shape index (κ3) is 5.37. The van der Waals surface area contributed by atoms with Gasteiger partial charge in [-0.05, 0) is 30.0 Å². The fraction of sp³-hybridized carbons (Fsp3) is 0.316. The predicted molar refractivity (Wildman–Crippen MR) is 98.5 cm³/mol. The van der Waals surface area contributed by atoms with Gasteiger partial charge in [0.05, 0.1) is 0 Å². The highest BCUT2D eigenvalue weighted by Crippen LogP contribution is 2.15. The van der Waals surface area contributed by atoms with Gasteiger partial charge in [-0.15, -0.1) is 0 Å². The lowest BCUT2D eigenvalue weighted by atomic mass is 10.0. The van der Waals surface area contributed by atoms with Gasteiger partial charge in [-0.25, -0.2) is 12.8 Å². The van der Waals surface area contributed by atoms with Crippen LogP contribution < -0.4 is 10.0 Å². The maximum atomic E-state index is 13.8. The van der Waals surface area contributed by atoms with Crippen molar-refractivity contribution in [2.45, 2.75) is 31.2 Å². The molecule has 2 N–H and O–H groups in total. The molecule has 0 radical (unpaired) electrons. The molecular weight excluding hydrogens is 355 g/mol. The van der Waals surface area contributed by atoms with Gasteiger partial charge >= 0.3 is 0 Å². The molecule has 0 aliphatic carbocycles. The Labute approximate surface area is 153 Å². The Balaban J connectivity index is 2.03. The molecule has 2 aromatic carbocycles. The van der Waals surface area contributed by atoms with Gasteiger partial charge in [0, 0.05) is 6.54 Å². The quantitative estimate of drug-likeness (QED) is 0.741. The summed E-state index contributed by atoms with van der Waals surface area (Å²) in [6.45, 7) is 3.84. The Bertz CT molecular complexity index is 839. The van der Waals surface area contributed by atoms with E-state index in [9.17, 15) is 17.6 Å². The molecular formula is C19H23FN2O3S. The van der Waals surface area contributed by atoms with E-state index in [0.29, 0.717) is 13.0 Å². The molecule has 1 unspecified atom stereocenters. The first-order valence-corrected chi connectivity index (χ1v) is 9.88. The van der Waals surface area contributed by atoms with E-state index < -0.39 is 32.7 Å². The minimum Gasteiger partial charge on any atom is -0.354 e. The van der Waals surface area contributed by atoms with Crippen molar-refractivity contribution in [3.63, 3.8) is 0 Å². The summed E-state index contributed by atoms with van der Waals surface area (Å²) in [5, 5.41) is 2.74. The molecule has 0 aliphatic heterocycles. The van der Waals surface area contributed by atoms with E-state index in [2.05, 4.69) is 10.0 Å². The maximum Gasteiger partial charge on any atom is 0.244 e. The Morgan fingerprint density at radius 1 is 1.04 bits per heavy atom. The topological polar surface area (TPSA) is 75.3 Å². The highest BCUT2D eigenvalue weighted by atomic mass is 32.2. The van der Waals surface area contributed by atoms with Gasteiger partial charge in [0.1, 0.15) is 16.8 Å². The summed E-state index contributed by atoms with van der Waals surface area (Å²) in [5.74, 6) is -1.59. The minimum absolute atomic E-state index is 0.298. The molecule has 7 heteroatoms. The lowest BCUT2D eigenvalue weighted by Gasteiger charge is -2.21. The second kappa shape index (κ2) is 8.91. The number of sulfonamides is 1. The number of hydrogen-bond acceptors (Lipinski definition) is 3. The number of carbonyl (C=O) groups excluding carboxylic acids is 1. The number of nitrogens with one attached hydrogen (secondary N) is 2. The summed E-state index contributed by atoms with van der Waals surface area (Å²) in [6, 6.07) is 13.7. The van der Waals surface area contributed by atoms with Crippen LogP contribution >= 0.6 is 0 Å². The van der Waals surface area contributed by atoms with E-state index in [4.69, 9.17) is 0 Å². The van der Waals surface area contributed by atoms with Crippen molar-refractivity contribution in [3.05, 3.63) is 66.0 Å². The predicted octanol–water partition coefficient (Wildman–Crippen LogP) is 2.49. The average molecular weight is 378 g/mol. The summed E-state index contributed by atoms with van der Waals surface area (Å²) < 4.78 is 41.0. The Morgan fingerprint density at radius 2 is 1.65 bits per heavy atom. The first-order valence-electron chi connectivity index (χ1n) is 8.40. The zero-order valence-corrected chi connectivity index (χ0v) is 15.6. The van der Waals surface area contributed by atoms with E-state index in [1.165, 1.54) is 18.2 Å². The summed E-state index contributed by atoms with van der Waals surface area (Å²) >= 11 is 0. The van der Waals surface area contributed by atoms with Crippen LogP contribution in [0.15, 0.2) is 59.5 Å². The van der Waals surface area contributed by atoms with Crippen molar-refractivity contribution in [1.29, 1.82) is 0 Å². The molecule has 26 heavy (non-hydrogen) atoms. The van der Waals surface area contributed by atoms with Gasteiger partial charge in [0.25, 0.3) is 0 Å². The highest BCUT2D eigenvalue weighted by Gasteiger charge is 2.29. The number of amides is 1. The van der Waals surface area contributed by atoms with E-state index in [-0.39, 0.29) is 5.92 Å². The number of carbonyl (C=O) groups is 1. The van der Waals surface area contributed by atoms with Crippen LogP contribution in [0, 0.1) is 11.7 Å². The van der Waals surface area contributed by atoms with E-state index in [1.54, 1.807) is 13.8 Å². The van der Waals surface area contributed by atoms with Gasteiger partial charge in [-0.3, -0.25) is 4.79 Å². The van der Waals surface area contributed by atoms with E-state index in [0.717, 1.165) is 11.6 Å². The van der Waals surface area contributed by atoms with Gasteiger partial charge < -0.3 is 5.32 Å². The number of benzene rings is 2. The largest absolute Gasteiger partial charge is 0.354 e. The zero-order chi connectivity index (χ0) is 19.2. The Kier molecular flexibility index (Phi) is 6.88. The Hall–Kier alpha value is -2.25. The molecule has 2 aromatic rings. The summed E-state index contributed by atoms with van der Waals surface area (Å²) in [4.78, 5) is 12.0. The first-order chi connectivity index (χ1) is 12.3. The number of hydrogen-bond donors (Lipinski definition) is 2. The van der Waals surface area contributed by atoms with Crippen molar-refractivity contribution in [3.8, 4) is 0 Å². The van der Waals surface area contributed by atoms with Crippen LogP contribution in [-0.2, 0) is 21.2 Å². The molecule has 140 valence electrons. The standard InChI is InChI=1S/C19H23FN2O3S/c1-14(2)18(19(23)21-13-12-15-8-4-3-5-9-15)22-26(24,25)17-11-7-6-10-16(17)20/h3-11,14,18,22H,12-13H2,1-2H3,(H,21,23). The van der Waals surface area contributed by atoms with Crippen LogP contribution in [0.4, 0.5) is 4.39 Å². The SMILES string of the molecule is CC(C)C(NS(=O)(=O)c1ccccc1F)C(=O)NCCc1ccccc1. The molecule has 0 aliphatic rings. The monoisotopic (exact) mass is 378 g/mol. The molecule has 1 atom stereocenters. The third-order valence-corrected chi connectivity index (χ3v) is 5.39. The lowest BCUT2D eigenvalue weighted by Crippen LogP contribution is -2.50. The van der Waals surface area contributed by atoms with Gasteiger partial charge in [0.15, 0.2) is 0 Å². The second-order valence-electron chi connectivity index (χ2n) is 6.30.